The summed E-state index contributed by atoms with van der Waals surface area (Å²) in [6.07, 6.45) is 14.8. The number of carbonyl (C=O) groups excluding carboxylic acids is 1. The van der Waals surface area contributed by atoms with Gasteiger partial charge < -0.3 is 10.6 Å². The van der Waals surface area contributed by atoms with Gasteiger partial charge in [-0.1, -0.05) is 58.3 Å². The molecule has 124 valence electrons. The Labute approximate surface area is 131 Å². The molecular weight excluding hydrogens is 260 g/mol. The molecule has 0 spiro atoms. The van der Waals surface area contributed by atoms with Crippen LogP contribution in [0.1, 0.15) is 84.0 Å². The third-order valence-electron chi connectivity index (χ3n) is 4.71. The van der Waals surface area contributed by atoms with Crippen molar-refractivity contribution in [3.63, 3.8) is 0 Å². The molecule has 21 heavy (non-hydrogen) atoms. The number of nitrogens with two attached hydrogens (primary N) is 1. The molecule has 1 saturated heterocycles. The fourth-order valence-corrected chi connectivity index (χ4v) is 3.28. The molecule has 0 radical (unpaired) electrons. The van der Waals surface area contributed by atoms with E-state index in [0.29, 0.717) is 11.8 Å². The summed E-state index contributed by atoms with van der Waals surface area (Å²) in [7, 11) is 0. The van der Waals surface area contributed by atoms with E-state index < -0.39 is 0 Å². The first kappa shape index (κ1) is 18.5. The fourth-order valence-electron chi connectivity index (χ4n) is 3.28. The second-order valence-corrected chi connectivity index (χ2v) is 6.65. The molecule has 0 aliphatic carbocycles. The fraction of sp³-hybridized carbons (Fsp3) is 0.944. The molecule has 2 N–H and O–H groups in total. The van der Waals surface area contributed by atoms with Crippen molar-refractivity contribution in [1.29, 1.82) is 0 Å². The maximum absolute atomic E-state index is 12.1. The van der Waals surface area contributed by atoms with Gasteiger partial charge in [0, 0.05) is 19.5 Å². The third kappa shape index (κ3) is 8.45. The van der Waals surface area contributed by atoms with Gasteiger partial charge in [0.05, 0.1) is 0 Å². The van der Waals surface area contributed by atoms with E-state index in [4.69, 9.17) is 5.73 Å². The van der Waals surface area contributed by atoms with Gasteiger partial charge in [0.1, 0.15) is 0 Å². The zero-order valence-corrected chi connectivity index (χ0v) is 14.1. The van der Waals surface area contributed by atoms with Gasteiger partial charge in [0.25, 0.3) is 0 Å². The summed E-state index contributed by atoms with van der Waals surface area (Å²) in [6.45, 7) is 4.93. The van der Waals surface area contributed by atoms with Crippen molar-refractivity contribution in [3.05, 3.63) is 0 Å². The predicted molar refractivity (Wildman–Crippen MR) is 90.2 cm³/mol. The first-order valence-corrected chi connectivity index (χ1v) is 9.25. The van der Waals surface area contributed by atoms with Crippen molar-refractivity contribution in [3.8, 4) is 0 Å². The summed E-state index contributed by atoms with van der Waals surface area (Å²) in [5, 5.41) is 0. The van der Waals surface area contributed by atoms with Crippen LogP contribution >= 0.6 is 0 Å². The van der Waals surface area contributed by atoms with Crippen molar-refractivity contribution in [2.45, 2.75) is 84.0 Å². The Balaban J connectivity index is 1.92. The van der Waals surface area contributed by atoms with Crippen molar-refractivity contribution >= 4 is 5.91 Å². The van der Waals surface area contributed by atoms with E-state index in [-0.39, 0.29) is 0 Å². The van der Waals surface area contributed by atoms with Crippen molar-refractivity contribution in [2.75, 3.05) is 19.6 Å². The van der Waals surface area contributed by atoms with Crippen LogP contribution < -0.4 is 5.73 Å². The van der Waals surface area contributed by atoms with Gasteiger partial charge in [0.15, 0.2) is 0 Å². The minimum absolute atomic E-state index is 0.373. The number of nitrogens with zero attached hydrogens (tertiary/aromatic N) is 1. The van der Waals surface area contributed by atoms with Crippen LogP contribution in [0.3, 0.4) is 0 Å². The van der Waals surface area contributed by atoms with Crippen LogP contribution in [0.25, 0.3) is 0 Å². The van der Waals surface area contributed by atoms with E-state index in [1.807, 2.05) is 0 Å². The Bertz CT molecular complexity index is 268. The van der Waals surface area contributed by atoms with Crippen LogP contribution in [0, 0.1) is 5.92 Å². The van der Waals surface area contributed by atoms with E-state index in [1.54, 1.807) is 0 Å². The SMILES string of the molecule is CCCCCCCCCCCC(=O)N1CCC(CCN)C1. The Hall–Kier alpha value is -0.570. The topological polar surface area (TPSA) is 46.3 Å². The zero-order chi connectivity index (χ0) is 15.3. The molecule has 1 atom stereocenters. The summed E-state index contributed by atoms with van der Waals surface area (Å²) in [5.41, 5.74) is 5.59. The normalized spacial score (nSPS) is 18.4. The molecule has 3 heteroatoms. The second kappa shape index (κ2) is 12.0. The first-order chi connectivity index (χ1) is 10.3. The minimum atomic E-state index is 0.373. The lowest BCUT2D eigenvalue weighted by Gasteiger charge is -2.16. The van der Waals surface area contributed by atoms with Crippen LogP contribution in [0.4, 0.5) is 0 Å². The molecule has 1 rings (SSSR count). The molecule has 0 aromatic heterocycles. The van der Waals surface area contributed by atoms with Crippen LogP contribution in [-0.4, -0.2) is 30.4 Å². The quantitative estimate of drug-likeness (QED) is 0.551. The number of unbranched alkanes of at least 4 members (excludes halogenated alkanes) is 8. The monoisotopic (exact) mass is 296 g/mol. The highest BCUT2D eigenvalue weighted by molar-refractivity contribution is 5.76. The number of hydrogen-bond acceptors (Lipinski definition) is 2. The maximum atomic E-state index is 12.1. The van der Waals surface area contributed by atoms with Gasteiger partial charge in [-0.2, -0.15) is 0 Å². The maximum Gasteiger partial charge on any atom is 0.222 e. The van der Waals surface area contributed by atoms with Gasteiger partial charge in [-0.05, 0) is 31.7 Å². The Morgan fingerprint density at radius 3 is 2.29 bits per heavy atom. The lowest BCUT2D eigenvalue weighted by Crippen LogP contribution is -2.28. The highest BCUT2D eigenvalue weighted by Gasteiger charge is 2.24. The van der Waals surface area contributed by atoms with E-state index in [1.165, 1.54) is 51.4 Å². The summed E-state index contributed by atoms with van der Waals surface area (Å²) >= 11 is 0. The molecule has 1 fully saturated rings. The second-order valence-electron chi connectivity index (χ2n) is 6.65. The van der Waals surface area contributed by atoms with Gasteiger partial charge in [-0.25, -0.2) is 0 Å². The smallest absolute Gasteiger partial charge is 0.222 e. The van der Waals surface area contributed by atoms with Gasteiger partial charge in [-0.15, -0.1) is 0 Å². The highest BCUT2D eigenvalue weighted by atomic mass is 16.2. The van der Waals surface area contributed by atoms with E-state index in [9.17, 15) is 4.79 Å². The first-order valence-electron chi connectivity index (χ1n) is 9.25. The van der Waals surface area contributed by atoms with E-state index in [2.05, 4.69) is 11.8 Å². The summed E-state index contributed by atoms with van der Waals surface area (Å²) in [5.74, 6) is 1.03. The van der Waals surface area contributed by atoms with Crippen LogP contribution in [0.2, 0.25) is 0 Å². The van der Waals surface area contributed by atoms with Crippen LogP contribution in [0.15, 0.2) is 0 Å². The molecule has 3 nitrogen and oxygen atoms in total. The largest absolute Gasteiger partial charge is 0.342 e. The van der Waals surface area contributed by atoms with Crippen molar-refractivity contribution in [2.24, 2.45) is 11.7 Å². The van der Waals surface area contributed by atoms with E-state index >= 15 is 0 Å². The van der Waals surface area contributed by atoms with E-state index in [0.717, 1.165) is 45.3 Å². The lowest BCUT2D eigenvalue weighted by molar-refractivity contribution is -0.130. The number of amides is 1. The summed E-state index contributed by atoms with van der Waals surface area (Å²) in [6, 6.07) is 0. The molecule has 0 aromatic carbocycles. The zero-order valence-electron chi connectivity index (χ0n) is 14.1. The van der Waals surface area contributed by atoms with Gasteiger partial charge >= 0.3 is 0 Å². The lowest BCUT2D eigenvalue weighted by atomic mass is 10.1. The molecule has 1 unspecified atom stereocenters. The number of likely N-dealkylation sites (tertiary alicyclic amines) is 1. The van der Waals surface area contributed by atoms with Crippen molar-refractivity contribution in [1.82, 2.24) is 4.90 Å². The Kier molecular flexibility index (Phi) is 10.6. The average Bonchev–Trinajstić information content (AvgIpc) is 2.94. The molecule has 1 aliphatic heterocycles. The molecule has 1 heterocycles. The summed E-state index contributed by atoms with van der Waals surface area (Å²) in [4.78, 5) is 14.2. The number of hydrogen-bond donors (Lipinski definition) is 1. The minimum Gasteiger partial charge on any atom is -0.342 e. The Morgan fingerprint density at radius 2 is 1.67 bits per heavy atom. The standard InChI is InChI=1S/C18H36N2O/c1-2-3-4-5-6-7-8-9-10-11-18(21)20-15-13-17(16-20)12-14-19/h17H,2-16,19H2,1H3. The summed E-state index contributed by atoms with van der Waals surface area (Å²) < 4.78 is 0. The van der Waals surface area contributed by atoms with Crippen LogP contribution in [-0.2, 0) is 4.79 Å². The van der Waals surface area contributed by atoms with Gasteiger partial charge in [0.2, 0.25) is 5.91 Å². The molecule has 1 aliphatic rings. The molecule has 0 bridgehead atoms. The number of carbonyl (C=O) groups is 1. The third-order valence-corrected chi connectivity index (χ3v) is 4.71. The van der Waals surface area contributed by atoms with Crippen molar-refractivity contribution < 1.29 is 4.79 Å². The highest BCUT2D eigenvalue weighted by Crippen LogP contribution is 2.20. The molecule has 0 aromatic rings. The molecular formula is C18H36N2O. The molecule has 0 saturated carbocycles. The van der Waals surface area contributed by atoms with Crippen LogP contribution in [0.5, 0.6) is 0 Å². The average molecular weight is 296 g/mol. The Morgan fingerprint density at radius 1 is 1.05 bits per heavy atom. The predicted octanol–water partition coefficient (Wildman–Crippen LogP) is 4.10. The van der Waals surface area contributed by atoms with Gasteiger partial charge in [-0.3, -0.25) is 4.79 Å². The molecule has 1 amide bonds. The number of rotatable bonds is 12.